The van der Waals surface area contributed by atoms with E-state index in [1.807, 2.05) is 61.7 Å². The van der Waals surface area contributed by atoms with Gasteiger partial charge in [-0.25, -0.2) is 9.97 Å². The molecule has 2 heterocycles. The molecule has 148 valence electrons. The van der Waals surface area contributed by atoms with Crippen molar-refractivity contribution in [2.24, 2.45) is 0 Å². The van der Waals surface area contributed by atoms with Gasteiger partial charge < -0.3 is 15.0 Å². The van der Waals surface area contributed by atoms with Crippen LogP contribution in [0.1, 0.15) is 23.9 Å². The van der Waals surface area contributed by atoms with E-state index >= 15 is 0 Å². The van der Waals surface area contributed by atoms with Gasteiger partial charge in [0.05, 0.1) is 6.04 Å². The van der Waals surface area contributed by atoms with E-state index in [2.05, 4.69) is 26.8 Å². The lowest BCUT2D eigenvalue weighted by Gasteiger charge is -2.34. The Kier molecular flexibility index (Phi) is 5.67. The lowest BCUT2D eigenvalue weighted by Crippen LogP contribution is -2.34. The maximum absolute atomic E-state index is 6.05. The van der Waals surface area contributed by atoms with Crippen LogP contribution in [0.5, 0.6) is 11.5 Å². The van der Waals surface area contributed by atoms with Crippen molar-refractivity contribution < 1.29 is 4.74 Å². The average molecular weight is 407 g/mol. The van der Waals surface area contributed by atoms with Crippen molar-refractivity contribution in [2.75, 3.05) is 23.3 Å². The van der Waals surface area contributed by atoms with Crippen LogP contribution in [-0.4, -0.2) is 23.1 Å². The van der Waals surface area contributed by atoms with Gasteiger partial charge in [-0.1, -0.05) is 29.8 Å². The van der Waals surface area contributed by atoms with Crippen LogP contribution in [0.25, 0.3) is 0 Å². The molecule has 3 aromatic rings. The zero-order valence-corrected chi connectivity index (χ0v) is 17.1. The second-order valence-corrected chi connectivity index (χ2v) is 7.44. The van der Waals surface area contributed by atoms with E-state index in [0.717, 1.165) is 48.2 Å². The van der Waals surface area contributed by atoms with Crippen molar-refractivity contribution in [2.45, 2.75) is 19.4 Å². The van der Waals surface area contributed by atoms with Crippen molar-refractivity contribution in [3.63, 3.8) is 0 Å². The molecule has 1 unspecified atom stereocenters. The van der Waals surface area contributed by atoms with Gasteiger partial charge in [0.25, 0.3) is 0 Å². The third-order valence-corrected chi connectivity index (χ3v) is 5.07. The number of hydrogen-bond acceptors (Lipinski definition) is 5. The summed E-state index contributed by atoms with van der Waals surface area (Å²) in [6.45, 7) is 7.47. The van der Waals surface area contributed by atoms with Gasteiger partial charge in [-0.15, -0.1) is 6.58 Å². The molecule has 1 atom stereocenters. The molecule has 0 radical (unpaired) electrons. The van der Waals surface area contributed by atoms with E-state index in [1.54, 1.807) is 6.07 Å². The Bertz CT molecular complexity index is 1020. The van der Waals surface area contributed by atoms with Gasteiger partial charge in [-0.2, -0.15) is 0 Å². The largest absolute Gasteiger partial charge is 0.457 e. The normalized spacial score (nSPS) is 15.5. The van der Waals surface area contributed by atoms with Crippen LogP contribution in [0.2, 0.25) is 5.02 Å². The standard InChI is InChI=1S/C23H23ClN4O/c1-3-11-28-12-10-22(21-15-25-16(2)26-23(21)28)27-18-7-5-9-20(14-18)29-19-8-4-6-17(24)13-19/h3-9,13-15,22,27H,1,10-12H2,2H3. The van der Waals surface area contributed by atoms with Crippen LogP contribution < -0.4 is 15.0 Å². The molecule has 1 aromatic heterocycles. The molecule has 1 N–H and O–H groups in total. The summed E-state index contributed by atoms with van der Waals surface area (Å²) in [6, 6.07) is 15.4. The molecule has 0 bridgehead atoms. The Morgan fingerprint density at radius 3 is 2.83 bits per heavy atom. The SMILES string of the molecule is C=CCN1CCC(Nc2cccc(Oc3cccc(Cl)c3)c2)c2cnc(C)nc21. The highest BCUT2D eigenvalue weighted by Crippen LogP contribution is 2.35. The predicted octanol–water partition coefficient (Wildman–Crippen LogP) is 5.78. The number of fused-ring (bicyclic) bond motifs is 1. The molecule has 0 saturated heterocycles. The lowest BCUT2D eigenvalue weighted by molar-refractivity contribution is 0.483. The monoisotopic (exact) mass is 406 g/mol. The molecular weight excluding hydrogens is 384 g/mol. The molecule has 5 nitrogen and oxygen atoms in total. The first-order valence-corrected chi connectivity index (χ1v) is 9.99. The third-order valence-electron chi connectivity index (χ3n) is 4.84. The second-order valence-electron chi connectivity index (χ2n) is 7.00. The minimum Gasteiger partial charge on any atom is -0.457 e. The quantitative estimate of drug-likeness (QED) is 0.526. The fourth-order valence-electron chi connectivity index (χ4n) is 3.51. The highest BCUT2D eigenvalue weighted by Gasteiger charge is 2.26. The molecule has 0 amide bonds. The summed E-state index contributed by atoms with van der Waals surface area (Å²) >= 11 is 6.05. The summed E-state index contributed by atoms with van der Waals surface area (Å²) in [6.07, 6.45) is 4.79. The van der Waals surface area contributed by atoms with Crippen LogP contribution in [0.15, 0.2) is 67.4 Å². The zero-order chi connectivity index (χ0) is 20.2. The lowest BCUT2D eigenvalue weighted by atomic mass is 10.0. The van der Waals surface area contributed by atoms with E-state index in [9.17, 15) is 0 Å². The summed E-state index contributed by atoms with van der Waals surface area (Å²) in [4.78, 5) is 11.3. The molecule has 29 heavy (non-hydrogen) atoms. The maximum Gasteiger partial charge on any atom is 0.137 e. The summed E-state index contributed by atoms with van der Waals surface area (Å²) in [5.74, 6) is 3.21. The fourth-order valence-corrected chi connectivity index (χ4v) is 3.69. The minimum absolute atomic E-state index is 0.132. The summed E-state index contributed by atoms with van der Waals surface area (Å²) in [5.41, 5.74) is 2.09. The average Bonchev–Trinajstić information content (AvgIpc) is 2.70. The molecule has 0 saturated carbocycles. The molecule has 0 fully saturated rings. The van der Waals surface area contributed by atoms with Crippen LogP contribution in [0.3, 0.4) is 0 Å². The molecule has 6 heteroatoms. The van der Waals surface area contributed by atoms with E-state index < -0.39 is 0 Å². The number of anilines is 2. The van der Waals surface area contributed by atoms with Crippen molar-refractivity contribution in [3.8, 4) is 11.5 Å². The molecule has 0 aliphatic carbocycles. The highest BCUT2D eigenvalue weighted by molar-refractivity contribution is 6.30. The second kappa shape index (κ2) is 8.53. The Labute approximate surface area is 176 Å². The van der Waals surface area contributed by atoms with E-state index in [-0.39, 0.29) is 6.04 Å². The predicted molar refractivity (Wildman–Crippen MR) is 118 cm³/mol. The number of nitrogens with one attached hydrogen (secondary N) is 1. The van der Waals surface area contributed by atoms with Crippen molar-refractivity contribution in [1.29, 1.82) is 0 Å². The zero-order valence-electron chi connectivity index (χ0n) is 16.3. The Morgan fingerprint density at radius 2 is 2.03 bits per heavy atom. The van der Waals surface area contributed by atoms with Gasteiger partial charge in [-0.05, 0) is 43.7 Å². The number of halogens is 1. The number of ether oxygens (including phenoxy) is 1. The molecule has 1 aliphatic rings. The van der Waals surface area contributed by atoms with E-state index in [4.69, 9.17) is 16.3 Å². The topological polar surface area (TPSA) is 50.3 Å². The molecular formula is C23H23ClN4O. The van der Waals surface area contributed by atoms with Crippen LogP contribution in [-0.2, 0) is 0 Å². The van der Waals surface area contributed by atoms with Gasteiger partial charge in [0.2, 0.25) is 0 Å². The number of rotatable bonds is 6. The smallest absolute Gasteiger partial charge is 0.137 e. The Morgan fingerprint density at radius 1 is 1.24 bits per heavy atom. The first kappa shape index (κ1) is 19.3. The first-order valence-electron chi connectivity index (χ1n) is 9.62. The summed E-state index contributed by atoms with van der Waals surface area (Å²) < 4.78 is 5.95. The number of aryl methyl sites for hydroxylation is 1. The minimum atomic E-state index is 0.132. The van der Waals surface area contributed by atoms with Gasteiger partial charge in [0.15, 0.2) is 0 Å². The van der Waals surface area contributed by atoms with Gasteiger partial charge in [0, 0.05) is 41.6 Å². The molecule has 1 aliphatic heterocycles. The van der Waals surface area contributed by atoms with Crippen LogP contribution in [0.4, 0.5) is 11.5 Å². The number of aromatic nitrogens is 2. The third kappa shape index (κ3) is 4.51. The Balaban J connectivity index is 1.55. The summed E-state index contributed by atoms with van der Waals surface area (Å²) in [7, 11) is 0. The Hall–Kier alpha value is -3.05. The van der Waals surface area contributed by atoms with Crippen LogP contribution in [0, 0.1) is 6.92 Å². The number of nitrogens with zero attached hydrogens (tertiary/aromatic N) is 3. The highest BCUT2D eigenvalue weighted by atomic mass is 35.5. The van der Waals surface area contributed by atoms with Crippen LogP contribution >= 0.6 is 11.6 Å². The molecule has 2 aromatic carbocycles. The van der Waals surface area contributed by atoms with Gasteiger partial charge >= 0.3 is 0 Å². The van der Waals surface area contributed by atoms with Crippen molar-refractivity contribution in [1.82, 2.24) is 9.97 Å². The van der Waals surface area contributed by atoms with E-state index in [0.29, 0.717) is 10.8 Å². The summed E-state index contributed by atoms with van der Waals surface area (Å²) in [5, 5.41) is 4.27. The van der Waals surface area contributed by atoms with Crippen molar-refractivity contribution in [3.05, 3.63) is 83.8 Å². The van der Waals surface area contributed by atoms with E-state index in [1.165, 1.54) is 0 Å². The molecule has 0 spiro atoms. The van der Waals surface area contributed by atoms with Gasteiger partial charge in [0.1, 0.15) is 23.1 Å². The van der Waals surface area contributed by atoms with Gasteiger partial charge in [-0.3, -0.25) is 0 Å². The first-order chi connectivity index (χ1) is 14.1. The number of hydrogen-bond donors (Lipinski definition) is 1. The van der Waals surface area contributed by atoms with Crippen molar-refractivity contribution >= 4 is 23.1 Å². The maximum atomic E-state index is 6.05. The molecule has 4 rings (SSSR count). The fraction of sp³-hybridized carbons (Fsp3) is 0.217. The number of benzene rings is 2.